The van der Waals surface area contributed by atoms with Crippen molar-refractivity contribution in [3.05, 3.63) is 62.1 Å². The summed E-state index contributed by atoms with van der Waals surface area (Å²) in [4.78, 5) is 0. The summed E-state index contributed by atoms with van der Waals surface area (Å²) >= 11 is 24.2. The monoisotopic (exact) mass is 359 g/mol. The van der Waals surface area contributed by atoms with Crippen molar-refractivity contribution in [1.29, 1.82) is 0 Å². The van der Waals surface area contributed by atoms with Gasteiger partial charge in [0.05, 0.1) is 20.8 Å². The molecule has 0 heterocycles. The molecular weight excluding hydrogens is 348 g/mol. The lowest BCUT2D eigenvalue weighted by Gasteiger charge is -2.37. The molecule has 2 aromatic carbocycles. The zero-order valence-electron chi connectivity index (χ0n) is 11.0. The van der Waals surface area contributed by atoms with Crippen LogP contribution in [0.25, 0.3) is 0 Å². The van der Waals surface area contributed by atoms with Crippen LogP contribution in [0.3, 0.4) is 0 Å². The van der Waals surface area contributed by atoms with Crippen molar-refractivity contribution < 1.29 is 0 Å². The Hall–Kier alpha value is -0.600. The summed E-state index contributed by atoms with van der Waals surface area (Å²) in [6, 6.07) is 11.9. The molecule has 0 bridgehead atoms. The second-order valence-corrected chi connectivity index (χ2v) is 6.97. The smallest absolute Gasteiger partial charge is 0.0653 e. The molecule has 0 spiro atoms. The van der Waals surface area contributed by atoms with E-state index in [9.17, 15) is 0 Å². The molecular formula is C16H13Cl4N. The fourth-order valence-corrected chi connectivity index (χ4v) is 3.42. The summed E-state index contributed by atoms with van der Waals surface area (Å²) in [5, 5.41) is 5.78. The molecule has 1 aliphatic carbocycles. The SMILES string of the molecule is Clc1cccc(C2CC(Nc3cc(Cl)c(Cl)cc3Cl)C2)c1. The number of anilines is 1. The van der Waals surface area contributed by atoms with Crippen LogP contribution >= 0.6 is 46.4 Å². The van der Waals surface area contributed by atoms with E-state index >= 15 is 0 Å². The Morgan fingerprint density at radius 2 is 1.57 bits per heavy atom. The van der Waals surface area contributed by atoms with Gasteiger partial charge in [-0.15, -0.1) is 0 Å². The Labute approximate surface area is 144 Å². The summed E-state index contributed by atoms with van der Waals surface area (Å²) in [6.45, 7) is 0. The van der Waals surface area contributed by atoms with Gasteiger partial charge in [0.2, 0.25) is 0 Å². The Morgan fingerprint density at radius 1 is 0.857 bits per heavy atom. The molecule has 0 atom stereocenters. The summed E-state index contributed by atoms with van der Waals surface area (Å²) < 4.78 is 0. The van der Waals surface area contributed by atoms with Gasteiger partial charge in [-0.1, -0.05) is 58.5 Å². The Kier molecular flexibility index (Phi) is 4.56. The number of nitrogens with one attached hydrogen (secondary N) is 1. The Balaban J connectivity index is 1.64. The third-order valence-corrected chi connectivity index (χ3v) is 5.10. The van der Waals surface area contributed by atoms with E-state index in [1.54, 1.807) is 12.1 Å². The van der Waals surface area contributed by atoms with Crippen LogP contribution in [-0.2, 0) is 0 Å². The highest BCUT2D eigenvalue weighted by Gasteiger charge is 2.30. The lowest BCUT2D eigenvalue weighted by Crippen LogP contribution is -2.34. The first-order valence-electron chi connectivity index (χ1n) is 6.69. The summed E-state index contributed by atoms with van der Waals surface area (Å²) in [5.74, 6) is 0.544. The van der Waals surface area contributed by atoms with E-state index in [2.05, 4.69) is 11.4 Å². The fourth-order valence-electron chi connectivity index (χ4n) is 2.62. The molecule has 0 aromatic heterocycles. The van der Waals surface area contributed by atoms with Crippen LogP contribution < -0.4 is 5.32 Å². The van der Waals surface area contributed by atoms with Crippen molar-refractivity contribution in [2.24, 2.45) is 0 Å². The molecule has 3 rings (SSSR count). The van der Waals surface area contributed by atoms with Crippen LogP contribution in [0.4, 0.5) is 5.69 Å². The minimum atomic E-state index is 0.392. The molecule has 0 aliphatic heterocycles. The zero-order chi connectivity index (χ0) is 15.0. The average Bonchev–Trinajstić information content (AvgIpc) is 2.39. The van der Waals surface area contributed by atoms with Gasteiger partial charge in [0.15, 0.2) is 0 Å². The van der Waals surface area contributed by atoms with Gasteiger partial charge in [0, 0.05) is 11.1 Å². The highest BCUT2D eigenvalue weighted by molar-refractivity contribution is 6.44. The maximum atomic E-state index is 6.18. The van der Waals surface area contributed by atoms with Gasteiger partial charge in [-0.05, 0) is 48.6 Å². The van der Waals surface area contributed by atoms with E-state index in [1.807, 2.05) is 18.2 Å². The van der Waals surface area contributed by atoms with Crippen molar-refractivity contribution in [3.63, 3.8) is 0 Å². The van der Waals surface area contributed by atoms with Gasteiger partial charge in [0.25, 0.3) is 0 Å². The van der Waals surface area contributed by atoms with Gasteiger partial charge < -0.3 is 5.32 Å². The molecule has 1 N–H and O–H groups in total. The summed E-state index contributed by atoms with van der Waals surface area (Å²) in [5.41, 5.74) is 2.13. The van der Waals surface area contributed by atoms with Crippen molar-refractivity contribution in [3.8, 4) is 0 Å². The molecule has 1 fully saturated rings. The van der Waals surface area contributed by atoms with Crippen LogP contribution in [0.15, 0.2) is 36.4 Å². The van der Waals surface area contributed by atoms with E-state index in [0.717, 1.165) is 23.6 Å². The van der Waals surface area contributed by atoms with E-state index < -0.39 is 0 Å². The molecule has 0 unspecified atom stereocenters. The third kappa shape index (κ3) is 3.43. The second kappa shape index (κ2) is 6.26. The summed E-state index contributed by atoms with van der Waals surface area (Å²) in [6.07, 6.45) is 2.10. The normalized spacial score (nSPS) is 21.0. The van der Waals surface area contributed by atoms with Crippen LogP contribution in [0.1, 0.15) is 24.3 Å². The first-order chi connectivity index (χ1) is 10.0. The second-order valence-electron chi connectivity index (χ2n) is 5.31. The fraction of sp³-hybridized carbons (Fsp3) is 0.250. The number of benzene rings is 2. The lowest BCUT2D eigenvalue weighted by atomic mass is 9.76. The molecule has 110 valence electrons. The summed E-state index contributed by atoms with van der Waals surface area (Å²) in [7, 11) is 0. The van der Waals surface area contributed by atoms with Gasteiger partial charge in [0.1, 0.15) is 0 Å². The first kappa shape index (κ1) is 15.3. The van der Waals surface area contributed by atoms with E-state index in [4.69, 9.17) is 46.4 Å². The molecule has 5 heteroatoms. The van der Waals surface area contributed by atoms with Crippen LogP contribution in [0.5, 0.6) is 0 Å². The minimum absolute atomic E-state index is 0.392. The predicted molar refractivity (Wildman–Crippen MR) is 92.3 cm³/mol. The van der Waals surface area contributed by atoms with Gasteiger partial charge in [-0.3, -0.25) is 0 Å². The highest BCUT2D eigenvalue weighted by atomic mass is 35.5. The van der Waals surface area contributed by atoms with Crippen LogP contribution in [0.2, 0.25) is 20.1 Å². The Bertz CT molecular complexity index is 665. The van der Waals surface area contributed by atoms with E-state index in [1.165, 1.54) is 5.56 Å². The molecule has 1 saturated carbocycles. The quantitative estimate of drug-likeness (QED) is 0.603. The zero-order valence-corrected chi connectivity index (χ0v) is 14.1. The van der Waals surface area contributed by atoms with E-state index in [-0.39, 0.29) is 0 Å². The topological polar surface area (TPSA) is 12.0 Å². The molecule has 0 amide bonds. The van der Waals surface area contributed by atoms with Gasteiger partial charge >= 0.3 is 0 Å². The van der Waals surface area contributed by atoms with Crippen molar-refractivity contribution in [2.45, 2.75) is 24.8 Å². The molecule has 1 nitrogen and oxygen atoms in total. The standard InChI is InChI=1S/C16H13Cl4N/c17-11-3-1-2-9(4-11)10-5-12(6-10)21-16-8-14(19)13(18)7-15(16)20/h1-4,7-8,10,12,21H,5-6H2. The number of hydrogen-bond donors (Lipinski definition) is 1. The first-order valence-corrected chi connectivity index (χ1v) is 8.20. The lowest BCUT2D eigenvalue weighted by molar-refractivity contribution is 0.374. The number of rotatable bonds is 3. The highest BCUT2D eigenvalue weighted by Crippen LogP contribution is 2.41. The average molecular weight is 361 g/mol. The molecule has 2 aromatic rings. The van der Waals surface area contributed by atoms with Crippen molar-refractivity contribution in [1.82, 2.24) is 0 Å². The van der Waals surface area contributed by atoms with E-state index in [0.29, 0.717) is 27.0 Å². The van der Waals surface area contributed by atoms with Crippen molar-refractivity contribution in [2.75, 3.05) is 5.32 Å². The van der Waals surface area contributed by atoms with Crippen LogP contribution in [-0.4, -0.2) is 6.04 Å². The van der Waals surface area contributed by atoms with Gasteiger partial charge in [-0.25, -0.2) is 0 Å². The minimum Gasteiger partial charge on any atom is -0.381 e. The maximum absolute atomic E-state index is 6.18. The Morgan fingerprint density at radius 3 is 2.29 bits per heavy atom. The van der Waals surface area contributed by atoms with Crippen LogP contribution in [0, 0.1) is 0 Å². The molecule has 21 heavy (non-hydrogen) atoms. The predicted octanol–water partition coefficient (Wildman–Crippen LogP) is 6.66. The maximum Gasteiger partial charge on any atom is 0.0653 e. The number of hydrogen-bond acceptors (Lipinski definition) is 1. The number of halogens is 4. The molecule has 0 saturated heterocycles. The van der Waals surface area contributed by atoms with Crippen molar-refractivity contribution >= 4 is 52.1 Å². The third-order valence-electron chi connectivity index (χ3n) is 3.83. The molecule has 0 radical (unpaired) electrons. The molecule has 1 aliphatic rings. The largest absolute Gasteiger partial charge is 0.381 e. The van der Waals surface area contributed by atoms with Gasteiger partial charge in [-0.2, -0.15) is 0 Å².